The molecule has 2 rings (SSSR count). The first-order valence-corrected chi connectivity index (χ1v) is 6.01. The van der Waals surface area contributed by atoms with Crippen molar-refractivity contribution in [1.82, 2.24) is 0 Å². The van der Waals surface area contributed by atoms with Crippen LogP contribution in [0.3, 0.4) is 0 Å². The molecular weight excluding hydrogens is 317 g/mol. The zero-order chi connectivity index (χ0) is 12.5. The average molecular weight is 334 g/mol. The first-order chi connectivity index (χ1) is 8.02. The topological polar surface area (TPSA) is 29.3 Å². The average Bonchev–Trinajstić information content (AvgIpc) is 2.27. The molecule has 110 valence electrons. The molecule has 1 saturated heterocycles. The van der Waals surface area contributed by atoms with E-state index < -0.39 is 5.92 Å². The van der Waals surface area contributed by atoms with Crippen LogP contribution in [0.4, 0.5) is 14.5 Å². The van der Waals surface area contributed by atoms with Crippen LogP contribution in [0.1, 0.15) is 18.4 Å². The summed E-state index contributed by atoms with van der Waals surface area (Å²) in [6.07, 6.45) is 0.448. The molecule has 2 nitrogen and oxygen atoms in total. The van der Waals surface area contributed by atoms with Crippen molar-refractivity contribution < 1.29 is 8.78 Å². The van der Waals surface area contributed by atoms with Gasteiger partial charge in [-0.3, -0.25) is 0 Å². The van der Waals surface area contributed by atoms with E-state index in [-0.39, 0.29) is 37.8 Å². The minimum absolute atomic E-state index is 0. The van der Waals surface area contributed by atoms with E-state index in [4.69, 9.17) is 17.3 Å². The first-order valence-electron chi connectivity index (χ1n) is 5.63. The van der Waals surface area contributed by atoms with Crippen molar-refractivity contribution in [1.29, 1.82) is 0 Å². The molecule has 1 aliphatic heterocycles. The molecule has 7 heteroatoms. The summed E-state index contributed by atoms with van der Waals surface area (Å²) in [6.45, 7) is 0.766. The van der Waals surface area contributed by atoms with Crippen LogP contribution < -0.4 is 10.6 Å². The van der Waals surface area contributed by atoms with Gasteiger partial charge < -0.3 is 10.6 Å². The highest BCUT2D eigenvalue weighted by molar-refractivity contribution is 6.33. The van der Waals surface area contributed by atoms with Crippen molar-refractivity contribution in [2.45, 2.75) is 25.3 Å². The van der Waals surface area contributed by atoms with Crippen molar-refractivity contribution in [3.63, 3.8) is 0 Å². The number of nitrogens with zero attached hydrogens (tertiary/aromatic N) is 1. The summed E-state index contributed by atoms with van der Waals surface area (Å²) >= 11 is 6.09. The third kappa shape index (κ3) is 4.63. The van der Waals surface area contributed by atoms with Crippen molar-refractivity contribution >= 4 is 42.1 Å². The van der Waals surface area contributed by atoms with Gasteiger partial charge in [-0.05, 0) is 24.1 Å². The van der Waals surface area contributed by atoms with Crippen LogP contribution in [0.25, 0.3) is 0 Å². The predicted molar refractivity (Wildman–Crippen MR) is 80.2 cm³/mol. The standard InChI is InChI=1S/C12H15ClF2N2.2ClH/c13-10-6-9(7-16)2-3-11(10)17-5-1-4-12(14,15)8-17;;/h2-3,6H,1,4-5,7-8,16H2;2*1H. The second-order valence-corrected chi connectivity index (χ2v) is 4.78. The molecule has 1 aliphatic rings. The molecule has 0 aliphatic carbocycles. The number of anilines is 1. The van der Waals surface area contributed by atoms with Gasteiger partial charge in [0.25, 0.3) is 5.92 Å². The Balaban J connectivity index is 0.00000162. The molecule has 0 bridgehead atoms. The Bertz CT molecular complexity index is 416. The van der Waals surface area contributed by atoms with Gasteiger partial charge >= 0.3 is 0 Å². The maximum atomic E-state index is 13.3. The normalized spacial score (nSPS) is 17.4. The lowest BCUT2D eigenvalue weighted by Crippen LogP contribution is -2.42. The summed E-state index contributed by atoms with van der Waals surface area (Å²) in [6, 6.07) is 5.34. The Morgan fingerprint density at radius 1 is 1.32 bits per heavy atom. The molecule has 0 spiro atoms. The SMILES string of the molecule is Cl.Cl.NCc1ccc(N2CCCC(F)(F)C2)c(Cl)c1. The van der Waals surface area contributed by atoms with Crippen LogP contribution in [0.2, 0.25) is 5.02 Å². The summed E-state index contributed by atoms with van der Waals surface area (Å²) in [5.74, 6) is -2.62. The number of rotatable bonds is 2. The Hall–Kier alpha value is -0.290. The van der Waals surface area contributed by atoms with E-state index in [2.05, 4.69) is 0 Å². The summed E-state index contributed by atoms with van der Waals surface area (Å²) in [5.41, 5.74) is 7.07. The lowest BCUT2D eigenvalue weighted by molar-refractivity contribution is -0.0116. The van der Waals surface area contributed by atoms with Crippen LogP contribution in [-0.2, 0) is 6.54 Å². The zero-order valence-electron chi connectivity index (χ0n) is 10.2. The number of hydrogen-bond acceptors (Lipinski definition) is 2. The lowest BCUT2D eigenvalue weighted by Gasteiger charge is -2.34. The molecule has 1 fully saturated rings. The molecule has 0 unspecified atom stereocenters. The number of halogens is 5. The van der Waals surface area contributed by atoms with Crippen molar-refractivity contribution in [3.05, 3.63) is 28.8 Å². The van der Waals surface area contributed by atoms with Gasteiger partial charge in [0.15, 0.2) is 0 Å². The second-order valence-electron chi connectivity index (χ2n) is 4.37. The van der Waals surface area contributed by atoms with E-state index in [1.807, 2.05) is 6.07 Å². The van der Waals surface area contributed by atoms with Gasteiger partial charge in [0.1, 0.15) is 0 Å². The van der Waals surface area contributed by atoms with E-state index in [1.54, 1.807) is 17.0 Å². The minimum atomic E-state index is -2.62. The molecule has 19 heavy (non-hydrogen) atoms. The molecule has 0 saturated carbocycles. The summed E-state index contributed by atoms with van der Waals surface area (Å²) in [7, 11) is 0. The lowest BCUT2D eigenvalue weighted by atomic mass is 10.1. The van der Waals surface area contributed by atoms with Crippen LogP contribution in [-0.4, -0.2) is 19.0 Å². The number of alkyl halides is 2. The molecule has 0 aromatic heterocycles. The Labute approximate surface area is 129 Å². The van der Waals surface area contributed by atoms with Crippen LogP contribution in [0.15, 0.2) is 18.2 Å². The van der Waals surface area contributed by atoms with Gasteiger partial charge in [0.05, 0.1) is 17.3 Å². The zero-order valence-corrected chi connectivity index (χ0v) is 12.6. The smallest absolute Gasteiger partial charge is 0.265 e. The fraction of sp³-hybridized carbons (Fsp3) is 0.500. The van der Waals surface area contributed by atoms with Crippen molar-refractivity contribution in [3.8, 4) is 0 Å². The minimum Gasteiger partial charge on any atom is -0.364 e. The largest absolute Gasteiger partial charge is 0.364 e. The second kappa shape index (κ2) is 7.48. The fourth-order valence-corrected chi connectivity index (χ4v) is 2.43. The highest BCUT2D eigenvalue weighted by Gasteiger charge is 2.35. The molecule has 1 aromatic rings. The maximum absolute atomic E-state index is 13.3. The molecule has 1 heterocycles. The van der Waals surface area contributed by atoms with Crippen LogP contribution in [0.5, 0.6) is 0 Å². The molecular formula is C12H17Cl3F2N2. The number of hydrogen-bond donors (Lipinski definition) is 1. The predicted octanol–water partition coefficient (Wildman–Crippen LogP) is 3.88. The van der Waals surface area contributed by atoms with Crippen LogP contribution in [0, 0.1) is 0 Å². The number of piperidine rings is 1. The van der Waals surface area contributed by atoms with E-state index in [0.717, 1.165) is 5.56 Å². The monoisotopic (exact) mass is 332 g/mol. The van der Waals surface area contributed by atoms with Gasteiger partial charge in [0, 0.05) is 19.5 Å². The third-order valence-electron chi connectivity index (χ3n) is 2.98. The highest BCUT2D eigenvalue weighted by Crippen LogP contribution is 2.33. The summed E-state index contributed by atoms with van der Waals surface area (Å²) in [5, 5.41) is 0.491. The molecule has 0 atom stereocenters. The highest BCUT2D eigenvalue weighted by atomic mass is 35.5. The van der Waals surface area contributed by atoms with Gasteiger partial charge in [-0.2, -0.15) is 0 Å². The molecule has 1 aromatic carbocycles. The van der Waals surface area contributed by atoms with Gasteiger partial charge in [-0.25, -0.2) is 8.78 Å². The van der Waals surface area contributed by atoms with Gasteiger partial charge in [-0.15, -0.1) is 24.8 Å². The Morgan fingerprint density at radius 3 is 2.53 bits per heavy atom. The Kier molecular flexibility index (Phi) is 7.37. The quantitative estimate of drug-likeness (QED) is 0.890. The number of nitrogens with two attached hydrogens (primary N) is 1. The van der Waals surface area contributed by atoms with E-state index >= 15 is 0 Å². The maximum Gasteiger partial charge on any atom is 0.265 e. The van der Waals surface area contributed by atoms with E-state index in [9.17, 15) is 8.78 Å². The first kappa shape index (κ1) is 18.7. The van der Waals surface area contributed by atoms with Crippen molar-refractivity contribution in [2.24, 2.45) is 5.73 Å². The number of benzene rings is 1. The van der Waals surface area contributed by atoms with E-state index in [1.165, 1.54) is 0 Å². The molecule has 2 N–H and O–H groups in total. The van der Waals surface area contributed by atoms with Gasteiger partial charge in [-0.1, -0.05) is 17.7 Å². The van der Waals surface area contributed by atoms with Crippen LogP contribution >= 0.6 is 36.4 Å². The van der Waals surface area contributed by atoms with E-state index in [0.29, 0.717) is 30.2 Å². The fourth-order valence-electron chi connectivity index (χ4n) is 2.11. The van der Waals surface area contributed by atoms with Gasteiger partial charge in [0.2, 0.25) is 0 Å². The van der Waals surface area contributed by atoms with Crippen molar-refractivity contribution in [2.75, 3.05) is 18.0 Å². The molecule has 0 amide bonds. The third-order valence-corrected chi connectivity index (χ3v) is 3.28. The summed E-state index contributed by atoms with van der Waals surface area (Å²) < 4.78 is 26.6. The Morgan fingerprint density at radius 2 is 2.00 bits per heavy atom. The summed E-state index contributed by atoms with van der Waals surface area (Å²) in [4.78, 5) is 1.64. The molecule has 0 radical (unpaired) electrons.